The molecule has 0 bridgehead atoms. The minimum Gasteiger partial charge on any atom is -0.385 e. The van der Waals surface area contributed by atoms with Crippen molar-refractivity contribution in [1.29, 1.82) is 10.5 Å². The summed E-state index contributed by atoms with van der Waals surface area (Å²) in [6.45, 7) is 0. The number of pyridine rings is 1. The molecule has 1 aromatic heterocycles. The van der Waals surface area contributed by atoms with Crippen LogP contribution in [0.2, 0.25) is 0 Å². The first kappa shape index (κ1) is 21.2. The molecule has 5 N–H and O–H groups in total. The highest BCUT2D eigenvalue weighted by atomic mass is 32.2. The van der Waals surface area contributed by atoms with Gasteiger partial charge in [0, 0.05) is 5.56 Å². The molecule has 7 nitrogen and oxygen atoms in total. The number of nitriles is 2. The van der Waals surface area contributed by atoms with Gasteiger partial charge in [-0.3, -0.25) is 4.79 Å². The van der Waals surface area contributed by atoms with E-state index in [2.05, 4.69) is 40.4 Å². The maximum atomic E-state index is 12.6. The van der Waals surface area contributed by atoms with Crippen LogP contribution in [-0.4, -0.2) is 16.6 Å². The van der Waals surface area contributed by atoms with E-state index in [-0.39, 0.29) is 22.7 Å². The Morgan fingerprint density at radius 1 is 1.06 bits per heavy atom. The van der Waals surface area contributed by atoms with Gasteiger partial charge < -0.3 is 16.6 Å². The number of hydrogen-bond donors (Lipinski definition) is 3. The summed E-state index contributed by atoms with van der Waals surface area (Å²) in [6.07, 6.45) is 2.48. The van der Waals surface area contributed by atoms with Gasteiger partial charge in [-0.15, -0.1) is 0 Å². The number of hydrazone groups is 1. The van der Waals surface area contributed by atoms with Gasteiger partial charge >= 0.3 is 0 Å². The van der Waals surface area contributed by atoms with Crippen molar-refractivity contribution in [2.24, 2.45) is 16.7 Å². The normalized spacial score (nSPS) is 13.4. The van der Waals surface area contributed by atoms with Crippen molar-refractivity contribution in [3.63, 3.8) is 0 Å². The summed E-state index contributed by atoms with van der Waals surface area (Å²) in [4.78, 5) is 15.2. The van der Waals surface area contributed by atoms with Crippen LogP contribution in [0.25, 0.3) is 22.3 Å². The van der Waals surface area contributed by atoms with Crippen molar-refractivity contribution in [3.05, 3.63) is 75.6 Å². The van der Waals surface area contributed by atoms with E-state index in [1.54, 1.807) is 0 Å². The number of thioether (sulfide) groups is 1. The fourth-order valence-electron chi connectivity index (χ4n) is 3.59. The van der Waals surface area contributed by atoms with Crippen LogP contribution < -0.4 is 17.1 Å². The first-order valence-corrected chi connectivity index (χ1v) is 11.0. The van der Waals surface area contributed by atoms with E-state index in [0.717, 1.165) is 22.9 Å². The lowest BCUT2D eigenvalue weighted by atomic mass is 9.94. The van der Waals surface area contributed by atoms with E-state index < -0.39 is 5.56 Å². The highest BCUT2D eigenvalue weighted by Crippen LogP contribution is 2.41. The highest BCUT2D eigenvalue weighted by molar-refractivity contribution is 8.00. The van der Waals surface area contributed by atoms with Gasteiger partial charge in [-0.1, -0.05) is 60.3 Å². The van der Waals surface area contributed by atoms with Gasteiger partial charge in [-0.25, -0.2) is 0 Å². The van der Waals surface area contributed by atoms with Crippen LogP contribution in [0.1, 0.15) is 35.4 Å². The Bertz CT molecular complexity index is 1340. The van der Waals surface area contributed by atoms with E-state index in [1.165, 1.54) is 18.4 Å². The number of rotatable bonds is 6. The second-order valence-electron chi connectivity index (χ2n) is 7.52. The first-order valence-electron chi connectivity index (χ1n) is 10.0. The lowest BCUT2D eigenvalue weighted by Crippen LogP contribution is -2.19. The number of H-pyrrole nitrogens is 1. The molecule has 32 heavy (non-hydrogen) atoms. The third kappa shape index (κ3) is 4.22. The van der Waals surface area contributed by atoms with Crippen molar-refractivity contribution >= 4 is 17.6 Å². The van der Waals surface area contributed by atoms with Gasteiger partial charge in [0.2, 0.25) is 0 Å². The Morgan fingerprint density at radius 2 is 1.75 bits per heavy atom. The van der Waals surface area contributed by atoms with Crippen LogP contribution in [0.5, 0.6) is 0 Å². The van der Waals surface area contributed by atoms with Gasteiger partial charge in [-0.05, 0) is 41.0 Å². The van der Waals surface area contributed by atoms with Crippen LogP contribution in [0.4, 0.5) is 0 Å². The molecular weight excluding hydrogens is 420 g/mol. The van der Waals surface area contributed by atoms with E-state index in [9.17, 15) is 15.3 Å². The lowest BCUT2D eigenvalue weighted by Gasteiger charge is -2.12. The van der Waals surface area contributed by atoms with Gasteiger partial charge in [0.1, 0.15) is 23.5 Å². The van der Waals surface area contributed by atoms with Crippen LogP contribution in [0, 0.1) is 22.7 Å². The van der Waals surface area contributed by atoms with Gasteiger partial charge in [0.15, 0.2) is 0 Å². The maximum Gasteiger partial charge on any atom is 0.267 e. The number of aromatic nitrogens is 1. The van der Waals surface area contributed by atoms with E-state index in [1.807, 2.05) is 30.3 Å². The average Bonchev–Trinajstić information content (AvgIpc) is 3.68. The van der Waals surface area contributed by atoms with Gasteiger partial charge in [0.05, 0.1) is 16.3 Å². The third-order valence-electron chi connectivity index (χ3n) is 5.38. The molecule has 0 atom stereocenters. The molecule has 1 saturated carbocycles. The van der Waals surface area contributed by atoms with Crippen LogP contribution in [0.3, 0.4) is 0 Å². The fourth-order valence-corrected chi connectivity index (χ4v) is 4.42. The molecule has 0 unspecified atom stereocenters. The summed E-state index contributed by atoms with van der Waals surface area (Å²) >= 11 is 1.13. The molecule has 158 valence electrons. The van der Waals surface area contributed by atoms with E-state index in [4.69, 9.17) is 11.6 Å². The molecule has 0 aliphatic heterocycles. The third-order valence-corrected chi connectivity index (χ3v) is 6.41. The molecule has 1 aliphatic rings. The van der Waals surface area contributed by atoms with E-state index >= 15 is 0 Å². The molecule has 0 radical (unpaired) electrons. The summed E-state index contributed by atoms with van der Waals surface area (Å²) in [5.74, 6) is 6.19. The summed E-state index contributed by atoms with van der Waals surface area (Å²) in [5.41, 5.74) is 9.60. The largest absolute Gasteiger partial charge is 0.385 e. The Kier molecular flexibility index (Phi) is 5.98. The zero-order valence-corrected chi connectivity index (χ0v) is 17.9. The Hall–Kier alpha value is -4.01. The number of benzene rings is 2. The number of nitrogens with two attached hydrogens (primary N) is 2. The molecule has 1 heterocycles. The molecule has 4 rings (SSSR count). The molecule has 2 aromatic carbocycles. The number of nitrogens with zero attached hydrogens (tertiary/aromatic N) is 3. The van der Waals surface area contributed by atoms with Crippen molar-refractivity contribution in [2.45, 2.75) is 23.8 Å². The SMILES string of the molecule is N#Cc1c(SC/C(N)=N/N)[nH]c(=O)c(C#N)c1-c1ccc(-c2cccc(C3CC3)c2)cc1. The molecule has 0 amide bonds. The number of nitrogens with one attached hydrogen (secondary N) is 1. The standard InChI is InChI=1S/C24H20N6OS/c25-11-19-22(20(12-26)24(29-23(19)31)32-13-21(27)30-28)16-8-6-15(7-9-16)18-3-1-2-17(10-18)14-4-5-14/h1-3,6-10,14H,4-5,13,28H2,(H2,27,30)(H,29,31). The number of amidine groups is 1. The zero-order valence-electron chi connectivity index (χ0n) is 17.1. The minimum atomic E-state index is -0.562. The predicted molar refractivity (Wildman–Crippen MR) is 126 cm³/mol. The fraction of sp³-hybridized carbons (Fsp3) is 0.167. The smallest absolute Gasteiger partial charge is 0.267 e. The van der Waals surface area contributed by atoms with Crippen LogP contribution >= 0.6 is 11.8 Å². The highest BCUT2D eigenvalue weighted by Gasteiger charge is 2.23. The molecule has 0 saturated heterocycles. The zero-order chi connectivity index (χ0) is 22.7. The van der Waals surface area contributed by atoms with Crippen molar-refractivity contribution in [1.82, 2.24) is 4.98 Å². The summed E-state index contributed by atoms with van der Waals surface area (Å²) in [6, 6.07) is 20.1. The lowest BCUT2D eigenvalue weighted by molar-refractivity contribution is 1.05. The van der Waals surface area contributed by atoms with Crippen molar-refractivity contribution in [2.75, 3.05) is 5.75 Å². The molecule has 3 aromatic rings. The molecule has 1 aliphatic carbocycles. The Balaban J connectivity index is 1.76. The van der Waals surface area contributed by atoms with Crippen LogP contribution in [-0.2, 0) is 0 Å². The number of hydrogen-bond acceptors (Lipinski definition) is 6. The first-order chi connectivity index (χ1) is 15.5. The number of aromatic amines is 1. The molecule has 8 heteroatoms. The van der Waals surface area contributed by atoms with Gasteiger partial charge in [-0.2, -0.15) is 15.6 Å². The summed E-state index contributed by atoms with van der Waals surface area (Å²) in [7, 11) is 0. The average molecular weight is 441 g/mol. The summed E-state index contributed by atoms with van der Waals surface area (Å²) in [5, 5.41) is 23.2. The van der Waals surface area contributed by atoms with Crippen molar-refractivity contribution in [3.8, 4) is 34.4 Å². The van der Waals surface area contributed by atoms with Crippen LogP contribution in [0.15, 0.2) is 63.5 Å². The van der Waals surface area contributed by atoms with E-state index in [0.29, 0.717) is 22.1 Å². The second-order valence-corrected chi connectivity index (χ2v) is 8.50. The summed E-state index contributed by atoms with van der Waals surface area (Å²) < 4.78 is 0. The predicted octanol–water partition coefficient (Wildman–Crippen LogP) is 3.65. The monoisotopic (exact) mass is 440 g/mol. The topological polar surface area (TPSA) is 145 Å². The van der Waals surface area contributed by atoms with Crippen molar-refractivity contribution < 1.29 is 0 Å². The molecule has 1 fully saturated rings. The Labute approximate surface area is 189 Å². The van der Waals surface area contributed by atoms with Gasteiger partial charge in [0.25, 0.3) is 5.56 Å². The molecule has 0 spiro atoms. The molecular formula is C24H20N6OS. The minimum absolute atomic E-state index is 0.102. The quantitative estimate of drug-likeness (QED) is 0.175. The Morgan fingerprint density at radius 3 is 2.38 bits per heavy atom. The maximum absolute atomic E-state index is 12.6. The second kappa shape index (κ2) is 9.01.